The quantitative estimate of drug-likeness (QED) is 0.712. The molecule has 1 amide bonds. The van der Waals surface area contributed by atoms with E-state index in [1.165, 1.54) is 0 Å². The van der Waals surface area contributed by atoms with Gasteiger partial charge in [0.1, 0.15) is 0 Å². The van der Waals surface area contributed by atoms with Crippen LogP contribution in [-0.4, -0.2) is 47.2 Å². The number of hydrogen-bond donors (Lipinski definition) is 2. The first kappa shape index (κ1) is 13.7. The molecule has 1 heterocycles. The van der Waals surface area contributed by atoms with Crippen molar-refractivity contribution >= 4 is 18.3 Å². The predicted octanol–water partition coefficient (Wildman–Crippen LogP) is 0.532. The molecule has 0 radical (unpaired) electrons. The third-order valence-corrected chi connectivity index (χ3v) is 3.50. The number of amides is 1. The number of nitrogens with one attached hydrogen (secondary N) is 1. The normalized spacial score (nSPS) is 35.8. The summed E-state index contributed by atoms with van der Waals surface area (Å²) in [5.74, 6) is 0.217. The molecule has 0 bridgehead atoms. The van der Waals surface area contributed by atoms with Crippen LogP contribution in [0.3, 0.4) is 0 Å². The van der Waals surface area contributed by atoms with Gasteiger partial charge in [-0.2, -0.15) is 0 Å². The lowest BCUT2D eigenvalue weighted by Gasteiger charge is -2.40. The highest BCUT2D eigenvalue weighted by atomic mass is 35.5. The van der Waals surface area contributed by atoms with E-state index < -0.39 is 0 Å². The monoisotopic (exact) mass is 248 g/mol. The average molecular weight is 249 g/mol. The Balaban J connectivity index is 0.00000128. The van der Waals surface area contributed by atoms with E-state index in [9.17, 15) is 9.90 Å². The Hall–Kier alpha value is -0.320. The van der Waals surface area contributed by atoms with Crippen LogP contribution in [0, 0.1) is 0 Å². The molecule has 1 saturated carbocycles. The predicted molar refractivity (Wildman–Crippen MR) is 64.7 cm³/mol. The van der Waals surface area contributed by atoms with Crippen LogP contribution in [0.15, 0.2) is 0 Å². The van der Waals surface area contributed by atoms with Crippen molar-refractivity contribution in [1.82, 2.24) is 10.2 Å². The van der Waals surface area contributed by atoms with Gasteiger partial charge in [0.25, 0.3) is 0 Å². The SMILES string of the molecule is C[C@@H]1CN(C2CCC(O)CC2)C(=O)CN1.Cl. The highest BCUT2D eigenvalue weighted by molar-refractivity contribution is 5.85. The minimum atomic E-state index is -0.142. The molecule has 1 saturated heterocycles. The van der Waals surface area contributed by atoms with Gasteiger partial charge in [-0.15, -0.1) is 12.4 Å². The molecular formula is C11H21ClN2O2. The maximum absolute atomic E-state index is 11.7. The number of piperazine rings is 1. The van der Waals surface area contributed by atoms with E-state index in [2.05, 4.69) is 12.2 Å². The summed E-state index contributed by atoms with van der Waals surface area (Å²) in [6.45, 7) is 3.40. The van der Waals surface area contributed by atoms with E-state index in [0.717, 1.165) is 32.2 Å². The fourth-order valence-electron chi connectivity index (χ4n) is 2.55. The number of nitrogens with zero attached hydrogens (tertiary/aromatic N) is 1. The van der Waals surface area contributed by atoms with Crippen LogP contribution in [-0.2, 0) is 4.79 Å². The molecule has 1 aliphatic heterocycles. The molecule has 16 heavy (non-hydrogen) atoms. The maximum Gasteiger partial charge on any atom is 0.236 e. The lowest BCUT2D eigenvalue weighted by atomic mass is 9.91. The second kappa shape index (κ2) is 5.84. The van der Waals surface area contributed by atoms with Crippen LogP contribution >= 0.6 is 12.4 Å². The van der Waals surface area contributed by atoms with Crippen LogP contribution in [0.5, 0.6) is 0 Å². The first-order chi connectivity index (χ1) is 7.16. The van der Waals surface area contributed by atoms with E-state index in [1.54, 1.807) is 0 Å². The zero-order chi connectivity index (χ0) is 10.8. The number of hydrogen-bond acceptors (Lipinski definition) is 3. The van der Waals surface area contributed by atoms with Gasteiger partial charge in [-0.1, -0.05) is 0 Å². The summed E-state index contributed by atoms with van der Waals surface area (Å²) < 4.78 is 0. The van der Waals surface area contributed by atoms with E-state index in [0.29, 0.717) is 18.6 Å². The molecule has 0 unspecified atom stereocenters. The van der Waals surface area contributed by atoms with E-state index in [4.69, 9.17) is 0 Å². The lowest BCUT2D eigenvalue weighted by molar-refractivity contribution is -0.136. The van der Waals surface area contributed by atoms with E-state index in [-0.39, 0.29) is 24.4 Å². The zero-order valence-corrected chi connectivity index (χ0v) is 10.5. The maximum atomic E-state index is 11.7. The van der Waals surface area contributed by atoms with Gasteiger partial charge < -0.3 is 15.3 Å². The third-order valence-electron chi connectivity index (χ3n) is 3.50. The molecular weight excluding hydrogens is 228 g/mol. The van der Waals surface area contributed by atoms with Gasteiger partial charge in [0.2, 0.25) is 5.91 Å². The van der Waals surface area contributed by atoms with Gasteiger partial charge in [-0.25, -0.2) is 0 Å². The van der Waals surface area contributed by atoms with Crippen molar-refractivity contribution in [2.24, 2.45) is 0 Å². The molecule has 5 heteroatoms. The molecule has 2 aliphatic rings. The number of aliphatic hydroxyl groups excluding tert-OH is 1. The molecule has 2 rings (SSSR count). The molecule has 2 fully saturated rings. The van der Waals surface area contributed by atoms with Crippen molar-refractivity contribution < 1.29 is 9.90 Å². The van der Waals surface area contributed by atoms with Crippen molar-refractivity contribution in [3.05, 3.63) is 0 Å². The van der Waals surface area contributed by atoms with Gasteiger partial charge in [-0.05, 0) is 32.6 Å². The second-order valence-corrected chi connectivity index (χ2v) is 4.79. The third kappa shape index (κ3) is 3.09. The number of carbonyl (C=O) groups is 1. The summed E-state index contributed by atoms with van der Waals surface area (Å²) in [6.07, 6.45) is 3.46. The smallest absolute Gasteiger partial charge is 0.236 e. The van der Waals surface area contributed by atoms with E-state index in [1.807, 2.05) is 4.90 Å². The Bertz CT molecular complexity index is 242. The zero-order valence-electron chi connectivity index (χ0n) is 9.69. The van der Waals surface area contributed by atoms with Crippen molar-refractivity contribution in [1.29, 1.82) is 0 Å². The Morgan fingerprint density at radius 1 is 1.31 bits per heavy atom. The molecule has 0 aromatic heterocycles. The van der Waals surface area contributed by atoms with Crippen LogP contribution in [0.1, 0.15) is 32.6 Å². The largest absolute Gasteiger partial charge is 0.393 e. The Kier molecular flexibility index (Phi) is 5.02. The van der Waals surface area contributed by atoms with Gasteiger partial charge in [0.05, 0.1) is 12.6 Å². The van der Waals surface area contributed by atoms with Gasteiger partial charge in [0, 0.05) is 18.6 Å². The first-order valence-electron chi connectivity index (χ1n) is 5.87. The molecule has 94 valence electrons. The second-order valence-electron chi connectivity index (χ2n) is 4.79. The van der Waals surface area contributed by atoms with Gasteiger partial charge in [0.15, 0.2) is 0 Å². The number of halogens is 1. The van der Waals surface area contributed by atoms with Crippen LogP contribution in [0.2, 0.25) is 0 Å². The summed E-state index contributed by atoms with van der Waals surface area (Å²) in [7, 11) is 0. The van der Waals surface area contributed by atoms with Gasteiger partial charge in [-0.3, -0.25) is 4.79 Å². The Labute approximate surface area is 103 Å². The van der Waals surface area contributed by atoms with Gasteiger partial charge >= 0.3 is 0 Å². The summed E-state index contributed by atoms with van der Waals surface area (Å²) in [5, 5.41) is 12.6. The minimum Gasteiger partial charge on any atom is -0.393 e. The molecule has 0 spiro atoms. The molecule has 2 N–H and O–H groups in total. The number of aliphatic hydroxyl groups is 1. The minimum absolute atomic E-state index is 0. The molecule has 4 nitrogen and oxygen atoms in total. The summed E-state index contributed by atoms with van der Waals surface area (Å²) in [6, 6.07) is 0.764. The highest BCUT2D eigenvalue weighted by Crippen LogP contribution is 2.24. The molecule has 0 aromatic rings. The summed E-state index contributed by atoms with van der Waals surface area (Å²) in [5.41, 5.74) is 0. The standard InChI is InChI=1S/C11H20N2O2.ClH/c1-8-7-13(11(15)6-12-8)9-2-4-10(14)5-3-9;/h8-10,12,14H,2-7H2,1H3;1H/t8-,9?,10?;/m1./s1. The molecule has 0 aromatic carbocycles. The van der Waals surface area contributed by atoms with Crippen molar-refractivity contribution in [2.75, 3.05) is 13.1 Å². The van der Waals surface area contributed by atoms with E-state index >= 15 is 0 Å². The van der Waals surface area contributed by atoms with Crippen LogP contribution in [0.4, 0.5) is 0 Å². The Morgan fingerprint density at radius 2 is 1.94 bits per heavy atom. The first-order valence-corrected chi connectivity index (χ1v) is 5.87. The fraction of sp³-hybridized carbons (Fsp3) is 0.909. The number of rotatable bonds is 1. The fourth-order valence-corrected chi connectivity index (χ4v) is 2.55. The highest BCUT2D eigenvalue weighted by Gasteiger charge is 2.31. The molecule has 1 atom stereocenters. The van der Waals surface area contributed by atoms with Crippen LogP contribution in [0.25, 0.3) is 0 Å². The van der Waals surface area contributed by atoms with Crippen molar-refractivity contribution in [3.8, 4) is 0 Å². The topological polar surface area (TPSA) is 52.6 Å². The summed E-state index contributed by atoms with van der Waals surface area (Å²) in [4.78, 5) is 13.7. The molecule has 1 aliphatic carbocycles. The lowest BCUT2D eigenvalue weighted by Crippen LogP contribution is -2.57. The number of carbonyl (C=O) groups excluding carboxylic acids is 1. The van der Waals surface area contributed by atoms with Crippen LogP contribution < -0.4 is 5.32 Å². The summed E-state index contributed by atoms with van der Waals surface area (Å²) >= 11 is 0. The van der Waals surface area contributed by atoms with Crippen molar-refractivity contribution in [2.45, 2.75) is 50.8 Å². The Morgan fingerprint density at radius 3 is 2.56 bits per heavy atom. The average Bonchev–Trinajstić information content (AvgIpc) is 2.23. The van der Waals surface area contributed by atoms with Crippen molar-refractivity contribution in [3.63, 3.8) is 0 Å².